The van der Waals surface area contributed by atoms with Gasteiger partial charge in [0.25, 0.3) is 0 Å². The van der Waals surface area contributed by atoms with E-state index in [9.17, 15) is 0 Å². The second kappa shape index (κ2) is 4.16. The van der Waals surface area contributed by atoms with Crippen molar-refractivity contribution >= 4 is 11.3 Å². The smallest absolute Gasteiger partial charge is 0.0522 e. The molecule has 0 spiro atoms. The summed E-state index contributed by atoms with van der Waals surface area (Å²) in [7, 11) is 1.92. The van der Waals surface area contributed by atoms with Crippen LogP contribution in [-0.4, -0.2) is 9.78 Å². The van der Waals surface area contributed by atoms with E-state index in [2.05, 4.69) is 23.5 Å². The first kappa shape index (κ1) is 10.4. The van der Waals surface area contributed by atoms with Gasteiger partial charge in [-0.05, 0) is 35.9 Å². The third kappa shape index (κ3) is 2.27. The van der Waals surface area contributed by atoms with Crippen LogP contribution >= 0.6 is 11.3 Å². The lowest BCUT2D eigenvalue weighted by atomic mass is 10.1. The zero-order valence-corrected chi connectivity index (χ0v) is 9.79. The van der Waals surface area contributed by atoms with Crippen LogP contribution in [0.15, 0.2) is 23.8 Å². The predicted octanol–water partition coefficient (Wildman–Crippen LogP) is 2.03. The summed E-state index contributed by atoms with van der Waals surface area (Å²) in [5.74, 6) is 0. The fourth-order valence-electron chi connectivity index (χ4n) is 1.69. The van der Waals surface area contributed by atoms with Gasteiger partial charge in [0, 0.05) is 24.2 Å². The number of rotatable bonds is 3. The largest absolute Gasteiger partial charge is 0.323 e. The van der Waals surface area contributed by atoms with E-state index in [0.717, 1.165) is 6.42 Å². The van der Waals surface area contributed by atoms with Crippen LogP contribution in [0.2, 0.25) is 0 Å². The van der Waals surface area contributed by atoms with Gasteiger partial charge in [-0.25, -0.2) is 0 Å². The van der Waals surface area contributed by atoms with Crippen LogP contribution in [0.5, 0.6) is 0 Å². The summed E-state index contributed by atoms with van der Waals surface area (Å²) in [6, 6.07) is 2.21. The molecule has 0 saturated carbocycles. The van der Waals surface area contributed by atoms with E-state index in [-0.39, 0.29) is 6.04 Å². The van der Waals surface area contributed by atoms with Crippen molar-refractivity contribution in [2.24, 2.45) is 12.8 Å². The van der Waals surface area contributed by atoms with E-state index in [4.69, 9.17) is 5.73 Å². The van der Waals surface area contributed by atoms with Crippen LogP contribution in [0.3, 0.4) is 0 Å². The molecule has 2 N–H and O–H groups in total. The van der Waals surface area contributed by atoms with E-state index in [1.807, 2.05) is 24.1 Å². The van der Waals surface area contributed by atoms with Gasteiger partial charge in [0.05, 0.1) is 6.20 Å². The van der Waals surface area contributed by atoms with Gasteiger partial charge in [0.1, 0.15) is 0 Å². The molecule has 0 fully saturated rings. The van der Waals surface area contributed by atoms with Crippen molar-refractivity contribution in [2.45, 2.75) is 19.4 Å². The molecule has 1 atom stereocenters. The second-order valence-corrected chi connectivity index (χ2v) is 4.75. The molecule has 0 aliphatic carbocycles. The fraction of sp³-hybridized carbons (Fsp3) is 0.364. The minimum absolute atomic E-state index is 0.0919. The molecule has 4 heteroatoms. The normalized spacial score (nSPS) is 13.0. The number of hydrogen-bond donors (Lipinski definition) is 1. The van der Waals surface area contributed by atoms with Gasteiger partial charge >= 0.3 is 0 Å². The van der Waals surface area contributed by atoms with Crippen LogP contribution in [0, 0.1) is 6.92 Å². The average molecular weight is 221 g/mol. The van der Waals surface area contributed by atoms with Crippen molar-refractivity contribution in [1.82, 2.24) is 9.78 Å². The van der Waals surface area contributed by atoms with Crippen molar-refractivity contribution in [2.75, 3.05) is 0 Å². The van der Waals surface area contributed by atoms with Crippen LogP contribution in [0.4, 0.5) is 0 Å². The van der Waals surface area contributed by atoms with Crippen LogP contribution in [0.1, 0.15) is 22.0 Å². The molecule has 0 aromatic carbocycles. The number of thiophene rings is 1. The fourth-order valence-corrected chi connectivity index (χ4v) is 2.62. The maximum Gasteiger partial charge on any atom is 0.0522 e. The Hall–Kier alpha value is -1.13. The minimum atomic E-state index is 0.0919. The first-order valence-electron chi connectivity index (χ1n) is 4.94. The highest BCUT2D eigenvalue weighted by Gasteiger charge is 2.11. The average Bonchev–Trinajstić information content (AvgIpc) is 2.75. The Morgan fingerprint density at radius 3 is 2.93 bits per heavy atom. The number of nitrogens with zero attached hydrogens (tertiary/aromatic N) is 2. The summed E-state index contributed by atoms with van der Waals surface area (Å²) < 4.78 is 1.81. The van der Waals surface area contributed by atoms with Crippen LogP contribution in [0.25, 0.3) is 0 Å². The Morgan fingerprint density at radius 2 is 2.40 bits per heavy atom. The first-order valence-corrected chi connectivity index (χ1v) is 5.82. The summed E-state index contributed by atoms with van der Waals surface area (Å²) in [5.41, 5.74) is 8.64. The zero-order valence-electron chi connectivity index (χ0n) is 8.97. The Balaban J connectivity index is 2.10. The monoisotopic (exact) mass is 221 g/mol. The highest BCUT2D eigenvalue weighted by molar-refractivity contribution is 7.10. The van der Waals surface area contributed by atoms with Gasteiger partial charge in [0.15, 0.2) is 0 Å². The summed E-state index contributed by atoms with van der Waals surface area (Å²) >= 11 is 1.73. The van der Waals surface area contributed by atoms with Gasteiger partial charge < -0.3 is 5.73 Å². The van der Waals surface area contributed by atoms with E-state index < -0.39 is 0 Å². The summed E-state index contributed by atoms with van der Waals surface area (Å²) in [5, 5.41) is 6.23. The molecular weight excluding hydrogens is 206 g/mol. The summed E-state index contributed by atoms with van der Waals surface area (Å²) in [6.45, 7) is 2.11. The number of aromatic nitrogens is 2. The summed E-state index contributed by atoms with van der Waals surface area (Å²) in [6.07, 6.45) is 4.75. The Kier molecular flexibility index (Phi) is 2.88. The van der Waals surface area contributed by atoms with Crippen LogP contribution in [-0.2, 0) is 13.5 Å². The molecule has 3 nitrogen and oxygen atoms in total. The predicted molar refractivity (Wildman–Crippen MR) is 62.9 cm³/mol. The molecular formula is C11H15N3S. The van der Waals surface area contributed by atoms with Crippen molar-refractivity contribution in [3.8, 4) is 0 Å². The Morgan fingerprint density at radius 1 is 1.60 bits per heavy atom. The Bertz CT molecular complexity index is 444. The second-order valence-electron chi connectivity index (χ2n) is 3.80. The zero-order chi connectivity index (χ0) is 10.8. The molecule has 0 aliphatic heterocycles. The lowest BCUT2D eigenvalue weighted by Gasteiger charge is -2.09. The number of aryl methyl sites for hydroxylation is 2. The van der Waals surface area contributed by atoms with E-state index in [0.29, 0.717) is 0 Å². The SMILES string of the molecule is Cc1ccsc1C(N)Cc1cnn(C)c1. The van der Waals surface area contributed by atoms with Gasteiger partial charge in [-0.1, -0.05) is 0 Å². The maximum atomic E-state index is 6.15. The summed E-state index contributed by atoms with van der Waals surface area (Å²) in [4.78, 5) is 1.28. The van der Waals surface area contributed by atoms with Crippen molar-refractivity contribution < 1.29 is 0 Å². The molecule has 1 unspecified atom stereocenters. The molecule has 0 amide bonds. The van der Waals surface area contributed by atoms with Gasteiger partial charge in [-0.3, -0.25) is 4.68 Å². The van der Waals surface area contributed by atoms with Crippen molar-refractivity contribution in [1.29, 1.82) is 0 Å². The Labute approximate surface area is 93.5 Å². The quantitative estimate of drug-likeness (QED) is 0.862. The van der Waals surface area contributed by atoms with Crippen molar-refractivity contribution in [3.05, 3.63) is 39.8 Å². The molecule has 2 rings (SSSR count). The molecule has 2 heterocycles. The third-order valence-corrected chi connectivity index (χ3v) is 3.60. The van der Waals surface area contributed by atoms with Crippen LogP contribution < -0.4 is 5.73 Å². The molecule has 80 valence electrons. The minimum Gasteiger partial charge on any atom is -0.323 e. The van der Waals surface area contributed by atoms with Gasteiger partial charge in [0.2, 0.25) is 0 Å². The molecule has 0 radical (unpaired) electrons. The topological polar surface area (TPSA) is 43.8 Å². The van der Waals surface area contributed by atoms with Gasteiger partial charge in [-0.2, -0.15) is 5.10 Å². The standard InChI is InChI=1S/C11H15N3S/c1-8-3-4-15-11(8)10(12)5-9-6-13-14(2)7-9/h3-4,6-7,10H,5,12H2,1-2H3. The molecule has 0 saturated heterocycles. The highest BCUT2D eigenvalue weighted by atomic mass is 32.1. The third-order valence-electron chi connectivity index (χ3n) is 2.45. The molecule has 0 aliphatic rings. The maximum absolute atomic E-state index is 6.15. The molecule has 15 heavy (non-hydrogen) atoms. The van der Waals surface area contributed by atoms with Gasteiger partial charge in [-0.15, -0.1) is 11.3 Å². The van der Waals surface area contributed by atoms with E-state index in [1.165, 1.54) is 16.0 Å². The molecule has 2 aromatic heterocycles. The lowest BCUT2D eigenvalue weighted by molar-refractivity contribution is 0.728. The molecule has 0 bridgehead atoms. The molecule has 2 aromatic rings. The van der Waals surface area contributed by atoms with E-state index >= 15 is 0 Å². The number of hydrogen-bond acceptors (Lipinski definition) is 3. The van der Waals surface area contributed by atoms with Crippen molar-refractivity contribution in [3.63, 3.8) is 0 Å². The lowest BCUT2D eigenvalue weighted by Crippen LogP contribution is -2.12. The first-order chi connectivity index (χ1) is 7.16. The van der Waals surface area contributed by atoms with E-state index in [1.54, 1.807) is 11.3 Å². The highest BCUT2D eigenvalue weighted by Crippen LogP contribution is 2.24. The number of nitrogens with two attached hydrogens (primary N) is 1.